The van der Waals surface area contributed by atoms with E-state index in [0.717, 1.165) is 61.0 Å². The number of H-pyrrole nitrogens is 1. The first-order chi connectivity index (χ1) is 17.1. The number of carbonyl (C=O) groups excluding carboxylic acids is 1. The van der Waals surface area contributed by atoms with Gasteiger partial charge in [-0.15, -0.1) is 0 Å². The quantitative estimate of drug-likeness (QED) is 0.292. The summed E-state index contributed by atoms with van der Waals surface area (Å²) in [6.45, 7) is 2.65. The van der Waals surface area contributed by atoms with Crippen LogP contribution in [0.15, 0.2) is 59.8 Å². The maximum Gasteiger partial charge on any atom is 0.259 e. The fraction of sp³-hybridized carbons (Fsp3) is 0.308. The summed E-state index contributed by atoms with van der Waals surface area (Å²) in [6, 6.07) is 11.5. The molecule has 0 unspecified atom stereocenters. The lowest BCUT2D eigenvalue weighted by atomic mass is 10.1. The topological polar surface area (TPSA) is 131 Å². The number of aryl methyl sites for hydroxylation is 1. The molecule has 1 aromatic carbocycles. The second-order valence-corrected chi connectivity index (χ2v) is 8.91. The number of rotatable bonds is 8. The van der Waals surface area contributed by atoms with Crippen LogP contribution in [0.2, 0.25) is 0 Å². The summed E-state index contributed by atoms with van der Waals surface area (Å²) in [5.41, 5.74) is 8.48. The van der Waals surface area contributed by atoms with Crippen LogP contribution >= 0.6 is 0 Å². The van der Waals surface area contributed by atoms with E-state index in [1.165, 1.54) is 0 Å². The Balaban J connectivity index is 1.34. The Morgan fingerprint density at radius 2 is 1.97 bits per heavy atom. The average Bonchev–Trinajstić information content (AvgIpc) is 3.38. The molecule has 35 heavy (non-hydrogen) atoms. The number of benzene rings is 1. The van der Waals surface area contributed by atoms with Crippen molar-refractivity contribution in [2.24, 2.45) is 5.73 Å². The third-order valence-corrected chi connectivity index (χ3v) is 6.51. The molecule has 180 valence electrons. The molecule has 1 aliphatic rings. The Bertz CT molecular complexity index is 1390. The monoisotopic (exact) mass is 471 g/mol. The van der Waals surface area contributed by atoms with E-state index in [4.69, 9.17) is 10.7 Å². The van der Waals surface area contributed by atoms with Crippen LogP contribution in [0.3, 0.4) is 0 Å². The normalized spacial score (nSPS) is 14.3. The van der Waals surface area contributed by atoms with E-state index in [0.29, 0.717) is 29.4 Å². The number of aromatic nitrogens is 4. The molecule has 0 atom stereocenters. The first kappa shape index (κ1) is 22.8. The van der Waals surface area contributed by atoms with E-state index in [-0.39, 0.29) is 5.56 Å². The van der Waals surface area contributed by atoms with E-state index in [1.807, 2.05) is 35.1 Å². The minimum atomic E-state index is -0.428. The van der Waals surface area contributed by atoms with E-state index >= 15 is 0 Å². The molecule has 5 N–H and O–H groups in total. The van der Waals surface area contributed by atoms with Crippen molar-refractivity contribution >= 4 is 22.5 Å². The summed E-state index contributed by atoms with van der Waals surface area (Å²) in [4.78, 5) is 31.4. The summed E-state index contributed by atoms with van der Waals surface area (Å²) >= 11 is 0. The van der Waals surface area contributed by atoms with Crippen LogP contribution in [0.25, 0.3) is 22.0 Å². The average molecular weight is 472 g/mol. The van der Waals surface area contributed by atoms with Gasteiger partial charge >= 0.3 is 0 Å². The molecule has 4 heterocycles. The summed E-state index contributed by atoms with van der Waals surface area (Å²) in [6.07, 6.45) is 9.33. The van der Waals surface area contributed by atoms with Crippen LogP contribution in [0, 0.1) is 0 Å². The van der Waals surface area contributed by atoms with Crippen molar-refractivity contribution in [3.05, 3.63) is 76.5 Å². The molecule has 0 spiro atoms. The Kier molecular flexibility index (Phi) is 6.58. The van der Waals surface area contributed by atoms with Gasteiger partial charge in [-0.25, -0.2) is 4.98 Å². The number of anilines is 1. The number of hydrogen-bond acceptors (Lipinski definition) is 6. The van der Waals surface area contributed by atoms with Crippen LogP contribution in [0.5, 0.6) is 0 Å². The number of piperidine rings is 1. The smallest absolute Gasteiger partial charge is 0.259 e. The van der Waals surface area contributed by atoms with E-state index < -0.39 is 5.91 Å². The van der Waals surface area contributed by atoms with Gasteiger partial charge in [0.05, 0.1) is 23.3 Å². The highest BCUT2D eigenvalue weighted by Crippen LogP contribution is 2.27. The van der Waals surface area contributed by atoms with Crippen LogP contribution in [-0.4, -0.2) is 45.3 Å². The first-order valence-corrected chi connectivity index (χ1v) is 12.0. The van der Waals surface area contributed by atoms with Crippen LogP contribution in [0.1, 0.15) is 41.2 Å². The SMILES string of the molecule is NC(=O)c1ccc(CCCNc2nc(-c3cnn(C4CCNCC4)c3)cc3cc[nH]c(=O)c23)cc1. The van der Waals surface area contributed by atoms with Gasteiger partial charge in [0.2, 0.25) is 5.91 Å². The molecule has 1 amide bonds. The lowest BCUT2D eigenvalue weighted by molar-refractivity contribution is 0.100. The number of nitrogens with zero attached hydrogens (tertiary/aromatic N) is 3. The number of amides is 1. The summed E-state index contributed by atoms with van der Waals surface area (Å²) in [5.74, 6) is 0.139. The van der Waals surface area contributed by atoms with Gasteiger partial charge in [0.1, 0.15) is 5.82 Å². The molecule has 1 fully saturated rings. The first-order valence-electron chi connectivity index (χ1n) is 12.0. The molecule has 1 aliphatic heterocycles. The molecule has 5 rings (SSSR count). The third kappa shape index (κ3) is 5.09. The van der Waals surface area contributed by atoms with Crippen molar-refractivity contribution in [3.63, 3.8) is 0 Å². The number of aromatic amines is 1. The van der Waals surface area contributed by atoms with Crippen molar-refractivity contribution in [1.29, 1.82) is 0 Å². The highest BCUT2D eigenvalue weighted by Gasteiger charge is 2.17. The largest absolute Gasteiger partial charge is 0.369 e. The zero-order chi connectivity index (χ0) is 24.2. The van der Waals surface area contributed by atoms with Gasteiger partial charge < -0.3 is 21.4 Å². The van der Waals surface area contributed by atoms with Crippen molar-refractivity contribution < 1.29 is 4.79 Å². The van der Waals surface area contributed by atoms with Crippen LogP contribution in [-0.2, 0) is 6.42 Å². The molecule has 0 saturated carbocycles. The second kappa shape index (κ2) is 10.1. The number of carbonyl (C=O) groups is 1. The number of primary amides is 1. The molecular formula is C26H29N7O2. The highest BCUT2D eigenvalue weighted by atomic mass is 16.1. The lowest BCUT2D eigenvalue weighted by Gasteiger charge is -2.22. The Labute approximate surface area is 202 Å². The van der Waals surface area contributed by atoms with E-state index in [2.05, 4.69) is 26.9 Å². The Morgan fingerprint density at radius 1 is 1.17 bits per heavy atom. The predicted molar refractivity (Wildman–Crippen MR) is 136 cm³/mol. The fourth-order valence-corrected chi connectivity index (χ4v) is 4.57. The molecule has 0 radical (unpaired) electrons. The molecule has 9 nitrogen and oxygen atoms in total. The standard InChI is InChI=1S/C26H29N7O2/c27-24(34)18-5-3-17(4-6-18)2-1-10-29-25-23-19(7-13-30-26(23)35)14-22(32-25)20-15-31-33(16-20)21-8-11-28-12-9-21/h3-7,13-16,21,28H,1-2,8-12H2,(H2,27,34)(H,29,32)(H,30,35). The predicted octanol–water partition coefficient (Wildman–Crippen LogP) is 2.85. The lowest BCUT2D eigenvalue weighted by Crippen LogP contribution is -2.29. The van der Waals surface area contributed by atoms with Crippen molar-refractivity contribution in [1.82, 2.24) is 25.1 Å². The molecule has 4 aromatic rings. The summed E-state index contributed by atoms with van der Waals surface area (Å²) < 4.78 is 2.04. The van der Waals surface area contributed by atoms with Gasteiger partial charge in [-0.1, -0.05) is 12.1 Å². The molecule has 0 bridgehead atoms. The van der Waals surface area contributed by atoms with Crippen LogP contribution in [0.4, 0.5) is 5.82 Å². The van der Waals surface area contributed by atoms with Crippen molar-refractivity contribution in [3.8, 4) is 11.3 Å². The van der Waals surface area contributed by atoms with Crippen molar-refractivity contribution in [2.45, 2.75) is 31.7 Å². The number of pyridine rings is 2. The molecule has 9 heteroatoms. The minimum absolute atomic E-state index is 0.170. The highest BCUT2D eigenvalue weighted by molar-refractivity contribution is 5.94. The van der Waals surface area contributed by atoms with Gasteiger partial charge in [0.25, 0.3) is 5.56 Å². The summed E-state index contributed by atoms with van der Waals surface area (Å²) in [7, 11) is 0. The van der Waals surface area contributed by atoms with E-state index in [9.17, 15) is 9.59 Å². The summed E-state index contributed by atoms with van der Waals surface area (Å²) in [5, 5.41) is 12.7. The zero-order valence-electron chi connectivity index (χ0n) is 19.5. The second-order valence-electron chi connectivity index (χ2n) is 8.91. The number of fused-ring (bicyclic) bond motifs is 1. The van der Waals surface area contributed by atoms with Gasteiger partial charge in [-0.05, 0) is 74.0 Å². The molecule has 0 aliphatic carbocycles. The maximum atomic E-state index is 12.6. The Hall–Kier alpha value is -3.98. The minimum Gasteiger partial charge on any atom is -0.369 e. The van der Waals surface area contributed by atoms with Crippen LogP contribution < -0.4 is 21.9 Å². The van der Waals surface area contributed by atoms with Gasteiger partial charge in [0.15, 0.2) is 0 Å². The molecular weight excluding hydrogens is 442 g/mol. The number of nitrogens with one attached hydrogen (secondary N) is 3. The number of hydrogen-bond donors (Lipinski definition) is 4. The van der Waals surface area contributed by atoms with E-state index in [1.54, 1.807) is 18.3 Å². The number of nitrogens with two attached hydrogens (primary N) is 1. The maximum absolute atomic E-state index is 12.6. The van der Waals surface area contributed by atoms with Gasteiger partial charge in [0, 0.05) is 30.1 Å². The fourth-order valence-electron chi connectivity index (χ4n) is 4.57. The van der Waals surface area contributed by atoms with Gasteiger partial charge in [-0.2, -0.15) is 5.10 Å². The zero-order valence-corrected chi connectivity index (χ0v) is 19.5. The molecule has 1 saturated heterocycles. The van der Waals surface area contributed by atoms with Gasteiger partial charge in [-0.3, -0.25) is 14.3 Å². The molecule has 3 aromatic heterocycles. The van der Waals surface area contributed by atoms with Crippen molar-refractivity contribution in [2.75, 3.05) is 25.0 Å². The third-order valence-electron chi connectivity index (χ3n) is 6.51. The Morgan fingerprint density at radius 3 is 2.74 bits per heavy atom.